The molecule has 1 heterocycles. The fourth-order valence-corrected chi connectivity index (χ4v) is 2.67. The number of nitrogens with zero attached hydrogens (tertiary/aromatic N) is 3. The maximum absolute atomic E-state index is 10.9. The van der Waals surface area contributed by atoms with Gasteiger partial charge in [0.15, 0.2) is 5.75 Å². The van der Waals surface area contributed by atoms with E-state index in [9.17, 15) is 25.6 Å². The van der Waals surface area contributed by atoms with Gasteiger partial charge in [-0.3, -0.25) is 10.1 Å². The highest BCUT2D eigenvalue weighted by molar-refractivity contribution is 6.31. The van der Waals surface area contributed by atoms with Gasteiger partial charge in [0.25, 0.3) is 0 Å². The first-order chi connectivity index (χ1) is 11.2. The highest BCUT2D eigenvalue weighted by Gasteiger charge is 2.19. The fraction of sp³-hybridized carbons (Fsp3) is 0.125. The molecular formula is C16H12ClN3O4. The third-order valence-corrected chi connectivity index (χ3v) is 3.56. The lowest BCUT2D eigenvalue weighted by molar-refractivity contribution is -0.386. The number of aryl methyl sites for hydroxylation is 2. The average molecular weight is 346 g/mol. The van der Waals surface area contributed by atoms with Crippen LogP contribution in [0.5, 0.6) is 11.5 Å². The molecule has 0 radical (unpaired) electrons. The summed E-state index contributed by atoms with van der Waals surface area (Å²) < 4.78 is 0. The second kappa shape index (κ2) is 6.56. The molecular weight excluding hydrogens is 334 g/mol. The molecule has 0 saturated heterocycles. The van der Waals surface area contributed by atoms with Crippen LogP contribution in [0.25, 0.3) is 11.6 Å². The van der Waals surface area contributed by atoms with Crippen LogP contribution >= 0.6 is 11.6 Å². The fourth-order valence-electron chi connectivity index (χ4n) is 2.29. The van der Waals surface area contributed by atoms with Crippen LogP contribution < -0.4 is 0 Å². The Hall–Kier alpha value is -3.11. The largest absolute Gasteiger partial charge is 0.504 e. The molecule has 122 valence electrons. The van der Waals surface area contributed by atoms with Gasteiger partial charge in [0.1, 0.15) is 5.15 Å². The number of hydrogen-bond donors (Lipinski definition) is 2. The minimum atomic E-state index is -0.832. The molecule has 8 heteroatoms. The summed E-state index contributed by atoms with van der Waals surface area (Å²) in [4.78, 5) is 14.2. The predicted octanol–water partition coefficient (Wildman–Crippen LogP) is 3.74. The second-order valence-electron chi connectivity index (χ2n) is 5.08. The Morgan fingerprint density at radius 2 is 2.04 bits per heavy atom. The molecule has 1 aromatic carbocycles. The topological polar surface area (TPSA) is 120 Å². The van der Waals surface area contributed by atoms with Gasteiger partial charge in [-0.25, -0.2) is 4.98 Å². The number of halogens is 1. The zero-order valence-electron chi connectivity index (χ0n) is 12.7. The molecule has 0 fully saturated rings. The summed E-state index contributed by atoms with van der Waals surface area (Å²) in [6, 6.07) is 5.89. The van der Waals surface area contributed by atoms with Gasteiger partial charge < -0.3 is 10.2 Å². The van der Waals surface area contributed by atoms with Gasteiger partial charge in [-0.1, -0.05) is 11.6 Å². The van der Waals surface area contributed by atoms with E-state index in [0.29, 0.717) is 11.3 Å². The van der Waals surface area contributed by atoms with E-state index in [1.54, 1.807) is 19.9 Å². The second-order valence-corrected chi connectivity index (χ2v) is 5.44. The van der Waals surface area contributed by atoms with Crippen LogP contribution in [0, 0.1) is 35.3 Å². The molecule has 0 saturated carbocycles. The van der Waals surface area contributed by atoms with Crippen molar-refractivity contribution in [3.8, 4) is 17.6 Å². The van der Waals surface area contributed by atoms with Crippen LogP contribution in [0.1, 0.15) is 22.4 Å². The number of nitriles is 1. The van der Waals surface area contributed by atoms with Crippen LogP contribution in [0.15, 0.2) is 18.2 Å². The molecule has 0 bridgehead atoms. The van der Waals surface area contributed by atoms with Crippen LogP contribution in [0.4, 0.5) is 5.69 Å². The number of nitro benzene ring substituents is 1. The van der Waals surface area contributed by atoms with Gasteiger partial charge in [0.05, 0.1) is 16.6 Å². The number of aromatic hydroxyl groups is 2. The van der Waals surface area contributed by atoms with E-state index in [0.717, 1.165) is 17.7 Å². The van der Waals surface area contributed by atoms with E-state index >= 15 is 0 Å². The van der Waals surface area contributed by atoms with Crippen LogP contribution in [0.3, 0.4) is 0 Å². The lowest BCUT2D eigenvalue weighted by Crippen LogP contribution is -1.95. The molecule has 2 N–H and O–H groups in total. The molecule has 0 atom stereocenters. The molecule has 1 aromatic heterocycles. The Balaban J connectivity index is 2.66. The summed E-state index contributed by atoms with van der Waals surface area (Å²) in [5.41, 5.74) is 1.45. The smallest absolute Gasteiger partial charge is 0.315 e. The summed E-state index contributed by atoms with van der Waals surface area (Å²) in [6.07, 6.45) is 1.33. The number of phenolic OH excluding ortho intramolecular Hbond substituents is 2. The van der Waals surface area contributed by atoms with E-state index in [-0.39, 0.29) is 16.3 Å². The van der Waals surface area contributed by atoms with Crippen molar-refractivity contribution in [2.75, 3.05) is 0 Å². The lowest BCUT2D eigenvalue weighted by atomic mass is 10.0. The Bertz CT molecular complexity index is 893. The highest BCUT2D eigenvalue weighted by atomic mass is 35.5. The van der Waals surface area contributed by atoms with Crippen molar-refractivity contribution >= 4 is 28.9 Å². The van der Waals surface area contributed by atoms with Crippen molar-refractivity contribution in [1.82, 2.24) is 4.98 Å². The Labute approximate surface area is 142 Å². The number of hydrogen-bond acceptors (Lipinski definition) is 6. The van der Waals surface area contributed by atoms with Gasteiger partial charge in [0, 0.05) is 17.3 Å². The minimum absolute atomic E-state index is 0.129. The number of rotatable bonds is 3. The first-order valence-electron chi connectivity index (χ1n) is 6.71. The van der Waals surface area contributed by atoms with Crippen LogP contribution in [-0.2, 0) is 0 Å². The number of benzene rings is 1. The monoisotopic (exact) mass is 345 g/mol. The molecule has 7 nitrogen and oxygen atoms in total. The third kappa shape index (κ3) is 3.29. The summed E-state index contributed by atoms with van der Waals surface area (Å²) >= 11 is 6.11. The summed E-state index contributed by atoms with van der Waals surface area (Å²) in [5.74, 6) is -1.49. The molecule has 24 heavy (non-hydrogen) atoms. The summed E-state index contributed by atoms with van der Waals surface area (Å²) in [6.45, 7) is 3.53. The van der Waals surface area contributed by atoms with Gasteiger partial charge in [-0.15, -0.1) is 0 Å². The number of pyridine rings is 1. The van der Waals surface area contributed by atoms with Gasteiger partial charge in [0.2, 0.25) is 5.75 Å². The van der Waals surface area contributed by atoms with E-state index in [2.05, 4.69) is 4.98 Å². The molecule has 0 aliphatic heterocycles. The van der Waals surface area contributed by atoms with E-state index in [4.69, 9.17) is 11.6 Å². The van der Waals surface area contributed by atoms with Crippen LogP contribution in [0.2, 0.25) is 5.15 Å². The standard InChI is InChI=1S/C16H12ClN3O4/c1-8-3-9(2)19-16(17)14(8)11(7-18)4-10-5-12(20(23)24)15(22)13(21)6-10/h3-6,21-22H,1-2H3/b11-4+. The zero-order valence-corrected chi connectivity index (χ0v) is 13.5. The zero-order chi connectivity index (χ0) is 18.0. The van der Waals surface area contributed by atoms with E-state index in [1.165, 1.54) is 6.08 Å². The first-order valence-corrected chi connectivity index (χ1v) is 7.08. The molecule has 0 spiro atoms. The molecule has 2 aromatic rings. The number of nitro groups is 1. The Kier molecular flexibility index (Phi) is 4.71. The Morgan fingerprint density at radius 3 is 2.58 bits per heavy atom. The summed E-state index contributed by atoms with van der Waals surface area (Å²) in [5, 5.41) is 39.6. The Morgan fingerprint density at radius 1 is 1.38 bits per heavy atom. The van der Waals surface area contributed by atoms with Crippen molar-refractivity contribution in [2.24, 2.45) is 0 Å². The van der Waals surface area contributed by atoms with Gasteiger partial charge in [-0.2, -0.15) is 5.26 Å². The summed E-state index contributed by atoms with van der Waals surface area (Å²) in [7, 11) is 0. The predicted molar refractivity (Wildman–Crippen MR) is 88.6 cm³/mol. The van der Waals surface area contributed by atoms with Crippen molar-refractivity contribution in [2.45, 2.75) is 13.8 Å². The average Bonchev–Trinajstić information content (AvgIpc) is 2.48. The SMILES string of the molecule is Cc1cc(C)c(/C(C#N)=C/c2cc(O)c(O)c([N+](=O)[O-])c2)c(Cl)n1. The van der Waals surface area contributed by atoms with Gasteiger partial charge in [-0.05, 0) is 43.2 Å². The van der Waals surface area contributed by atoms with Crippen molar-refractivity contribution in [3.63, 3.8) is 0 Å². The maximum Gasteiger partial charge on any atom is 0.315 e. The third-order valence-electron chi connectivity index (χ3n) is 3.29. The number of phenols is 2. The van der Waals surface area contributed by atoms with Crippen LogP contribution in [-0.4, -0.2) is 20.1 Å². The van der Waals surface area contributed by atoms with Gasteiger partial charge >= 0.3 is 5.69 Å². The quantitative estimate of drug-likeness (QED) is 0.287. The van der Waals surface area contributed by atoms with E-state index < -0.39 is 22.1 Å². The van der Waals surface area contributed by atoms with Crippen molar-refractivity contribution < 1.29 is 15.1 Å². The maximum atomic E-state index is 10.9. The molecule has 0 amide bonds. The molecule has 0 aliphatic rings. The normalized spacial score (nSPS) is 11.2. The first kappa shape index (κ1) is 17.2. The lowest BCUT2D eigenvalue weighted by Gasteiger charge is -2.08. The minimum Gasteiger partial charge on any atom is -0.504 e. The van der Waals surface area contributed by atoms with Crippen molar-refractivity contribution in [3.05, 3.63) is 55.9 Å². The highest BCUT2D eigenvalue weighted by Crippen LogP contribution is 2.37. The number of aromatic nitrogens is 1. The van der Waals surface area contributed by atoms with Crippen molar-refractivity contribution in [1.29, 1.82) is 5.26 Å². The molecule has 0 aliphatic carbocycles. The van der Waals surface area contributed by atoms with E-state index in [1.807, 2.05) is 6.07 Å². The molecule has 2 rings (SSSR count). The number of allylic oxidation sites excluding steroid dienone is 1. The molecule has 0 unspecified atom stereocenters.